The summed E-state index contributed by atoms with van der Waals surface area (Å²) in [6.07, 6.45) is 0.437. The number of piperazine rings is 1. The number of hydrogen-bond donors (Lipinski definition) is 3. The molecule has 1 saturated heterocycles. The summed E-state index contributed by atoms with van der Waals surface area (Å²) in [6.45, 7) is 13.9. The minimum Gasteiger partial charge on any atom is -0.391 e. The first-order chi connectivity index (χ1) is 15.9. The number of benzene rings is 1. The quantitative estimate of drug-likeness (QED) is 0.438. The first kappa shape index (κ1) is 28.6. The molecule has 2 amide bonds. The van der Waals surface area contributed by atoms with Crippen LogP contribution in [-0.4, -0.2) is 65.7 Å². The van der Waals surface area contributed by atoms with E-state index in [0.717, 1.165) is 6.42 Å². The highest BCUT2D eigenvalue weighted by Gasteiger charge is 2.40. The zero-order chi connectivity index (χ0) is 25.6. The van der Waals surface area contributed by atoms with E-state index in [1.165, 1.54) is 0 Å². The Balaban J connectivity index is 2.02. The molecule has 7 nitrogen and oxygen atoms in total. The third-order valence-corrected chi connectivity index (χ3v) is 7.38. The maximum absolute atomic E-state index is 13.0. The van der Waals surface area contributed by atoms with Gasteiger partial charge in [0.05, 0.1) is 23.4 Å². The average molecular weight is 495 g/mol. The fourth-order valence-electron chi connectivity index (χ4n) is 4.28. The largest absolute Gasteiger partial charge is 0.391 e. The molecule has 0 saturated carbocycles. The number of amides is 2. The lowest BCUT2D eigenvalue weighted by Gasteiger charge is -2.47. The van der Waals surface area contributed by atoms with E-state index in [2.05, 4.69) is 33.0 Å². The van der Waals surface area contributed by atoms with Crippen molar-refractivity contribution in [3.63, 3.8) is 0 Å². The van der Waals surface area contributed by atoms with Gasteiger partial charge in [-0.25, -0.2) is 0 Å². The molecule has 4 atom stereocenters. The summed E-state index contributed by atoms with van der Waals surface area (Å²) in [7, 11) is 0. The number of carbonyl (C=O) groups excluding carboxylic acids is 2. The summed E-state index contributed by atoms with van der Waals surface area (Å²) >= 11 is 6.33. The van der Waals surface area contributed by atoms with Crippen LogP contribution in [0, 0.1) is 17.8 Å². The summed E-state index contributed by atoms with van der Waals surface area (Å²) in [5.41, 5.74) is 6.75. The summed E-state index contributed by atoms with van der Waals surface area (Å²) in [5, 5.41) is 14.5. The molecule has 0 bridgehead atoms. The van der Waals surface area contributed by atoms with E-state index >= 15 is 0 Å². The molecule has 0 aliphatic carbocycles. The number of hydrogen-bond acceptors (Lipinski definition) is 5. The summed E-state index contributed by atoms with van der Waals surface area (Å²) in [4.78, 5) is 29.5. The Morgan fingerprint density at radius 3 is 2.50 bits per heavy atom. The molecular formula is C26H43ClN4O3. The molecule has 0 unspecified atom stereocenters. The number of para-hydroxylation sites is 1. The van der Waals surface area contributed by atoms with E-state index in [-0.39, 0.29) is 35.7 Å². The molecule has 0 aromatic heterocycles. The van der Waals surface area contributed by atoms with Gasteiger partial charge in [-0.3, -0.25) is 14.5 Å². The molecule has 4 N–H and O–H groups in total. The van der Waals surface area contributed by atoms with Crippen LogP contribution in [-0.2, 0) is 9.59 Å². The van der Waals surface area contributed by atoms with Crippen molar-refractivity contribution < 1.29 is 14.7 Å². The molecule has 192 valence electrons. The van der Waals surface area contributed by atoms with Crippen molar-refractivity contribution in [1.29, 1.82) is 0 Å². The summed E-state index contributed by atoms with van der Waals surface area (Å²) < 4.78 is 0. The van der Waals surface area contributed by atoms with Gasteiger partial charge in [-0.1, -0.05) is 57.8 Å². The third kappa shape index (κ3) is 7.41. The molecule has 0 radical (unpaired) electrons. The maximum atomic E-state index is 13.0. The Bertz CT molecular complexity index is 832. The van der Waals surface area contributed by atoms with Crippen molar-refractivity contribution in [3.05, 3.63) is 29.3 Å². The molecule has 1 heterocycles. The molecule has 1 aliphatic rings. The van der Waals surface area contributed by atoms with Crippen molar-refractivity contribution in [2.45, 2.75) is 72.1 Å². The van der Waals surface area contributed by atoms with Crippen molar-refractivity contribution in [1.82, 2.24) is 10.2 Å². The summed E-state index contributed by atoms with van der Waals surface area (Å²) in [5.74, 6) is 0.0740. The maximum Gasteiger partial charge on any atom is 0.241 e. The number of nitrogens with zero attached hydrogens (tertiary/aromatic N) is 2. The van der Waals surface area contributed by atoms with Crippen LogP contribution in [0.15, 0.2) is 24.3 Å². The van der Waals surface area contributed by atoms with Gasteiger partial charge in [0.1, 0.15) is 0 Å². The standard InChI is InChI=1S/C26H43ClN4O3/c1-7-18(4)13-29-25(34)19(17(2)3)12-23(32)21(28)14-30-15-24(33)31(16-26(30,5)6)22-11-9-8-10-20(22)27/h8-11,17-19,21,23,32H,7,12-16,28H2,1-6H3,(H,29,34)/t18-,19-,21-,23-/m0/s1. The van der Waals surface area contributed by atoms with Crippen molar-refractivity contribution >= 4 is 29.1 Å². The van der Waals surface area contributed by atoms with E-state index in [1.807, 2.05) is 36.9 Å². The number of halogens is 1. The van der Waals surface area contributed by atoms with Crippen LogP contribution in [0.5, 0.6) is 0 Å². The smallest absolute Gasteiger partial charge is 0.241 e. The van der Waals surface area contributed by atoms with Gasteiger partial charge in [0, 0.05) is 37.1 Å². The minimum absolute atomic E-state index is 0.0367. The second-order valence-corrected chi connectivity index (χ2v) is 11.1. The lowest BCUT2D eigenvalue weighted by molar-refractivity contribution is -0.127. The number of anilines is 1. The lowest BCUT2D eigenvalue weighted by Crippen LogP contribution is -2.64. The molecule has 34 heavy (non-hydrogen) atoms. The normalized spacial score (nSPS) is 20.2. The van der Waals surface area contributed by atoms with Crippen LogP contribution in [0.3, 0.4) is 0 Å². The van der Waals surface area contributed by atoms with Crippen molar-refractivity contribution in [3.8, 4) is 0 Å². The number of rotatable bonds is 11. The molecular weight excluding hydrogens is 452 g/mol. The Kier molecular flexibility index (Phi) is 10.4. The lowest BCUT2D eigenvalue weighted by atomic mass is 9.86. The zero-order valence-corrected chi connectivity index (χ0v) is 22.3. The van der Waals surface area contributed by atoms with Gasteiger partial charge < -0.3 is 21.1 Å². The van der Waals surface area contributed by atoms with E-state index < -0.39 is 12.1 Å². The Labute approximate surface area is 210 Å². The number of nitrogens with two attached hydrogens (primary N) is 1. The minimum atomic E-state index is -0.853. The third-order valence-electron chi connectivity index (χ3n) is 7.06. The predicted octanol–water partition coefficient (Wildman–Crippen LogP) is 3.28. The van der Waals surface area contributed by atoms with Gasteiger partial charge in [-0.2, -0.15) is 0 Å². The topological polar surface area (TPSA) is 98.9 Å². The van der Waals surface area contributed by atoms with Crippen LogP contribution in [0.4, 0.5) is 5.69 Å². The van der Waals surface area contributed by atoms with Crippen LogP contribution < -0.4 is 16.0 Å². The Morgan fingerprint density at radius 1 is 1.26 bits per heavy atom. The Hall–Kier alpha value is -1.67. The number of nitrogens with one attached hydrogen (secondary N) is 1. The van der Waals surface area contributed by atoms with E-state index in [0.29, 0.717) is 42.7 Å². The second kappa shape index (κ2) is 12.3. The molecule has 2 rings (SSSR count). The van der Waals surface area contributed by atoms with Crippen LogP contribution in [0.25, 0.3) is 0 Å². The van der Waals surface area contributed by atoms with Crippen LogP contribution in [0.1, 0.15) is 54.4 Å². The van der Waals surface area contributed by atoms with Crippen molar-refractivity contribution in [2.75, 3.05) is 31.1 Å². The number of aliphatic hydroxyl groups excluding tert-OH is 1. The molecule has 1 fully saturated rings. The monoisotopic (exact) mass is 494 g/mol. The predicted molar refractivity (Wildman–Crippen MR) is 139 cm³/mol. The van der Waals surface area contributed by atoms with E-state index in [1.54, 1.807) is 11.0 Å². The highest BCUT2D eigenvalue weighted by molar-refractivity contribution is 6.33. The highest BCUT2D eigenvalue weighted by Crippen LogP contribution is 2.31. The Morgan fingerprint density at radius 2 is 1.91 bits per heavy atom. The molecule has 1 aromatic carbocycles. The SMILES string of the molecule is CC[C@H](C)CNC(=O)[C@@H](C[C@H](O)[C@@H](N)CN1CC(=O)N(c2ccccc2Cl)CC1(C)C)C(C)C. The van der Waals surface area contributed by atoms with Gasteiger partial charge in [0.15, 0.2) is 0 Å². The number of carbonyl (C=O) groups is 2. The van der Waals surface area contributed by atoms with Crippen LogP contribution >= 0.6 is 11.6 Å². The molecule has 0 spiro atoms. The highest BCUT2D eigenvalue weighted by atomic mass is 35.5. The van der Waals surface area contributed by atoms with E-state index in [4.69, 9.17) is 17.3 Å². The van der Waals surface area contributed by atoms with Crippen molar-refractivity contribution in [2.24, 2.45) is 23.5 Å². The molecule has 1 aromatic rings. The molecule has 1 aliphatic heterocycles. The fourth-order valence-corrected chi connectivity index (χ4v) is 4.52. The average Bonchev–Trinajstić information content (AvgIpc) is 2.77. The van der Waals surface area contributed by atoms with Crippen LogP contribution in [0.2, 0.25) is 5.02 Å². The fraction of sp³-hybridized carbons (Fsp3) is 0.692. The van der Waals surface area contributed by atoms with Gasteiger partial charge in [0.25, 0.3) is 0 Å². The van der Waals surface area contributed by atoms with Gasteiger partial charge in [-0.05, 0) is 44.2 Å². The van der Waals surface area contributed by atoms with E-state index in [9.17, 15) is 14.7 Å². The zero-order valence-electron chi connectivity index (χ0n) is 21.6. The number of aliphatic hydroxyl groups is 1. The second-order valence-electron chi connectivity index (χ2n) is 10.7. The van der Waals surface area contributed by atoms with Gasteiger partial charge >= 0.3 is 0 Å². The summed E-state index contributed by atoms with van der Waals surface area (Å²) in [6, 6.07) is 6.75. The van der Waals surface area contributed by atoms with Gasteiger partial charge in [-0.15, -0.1) is 0 Å². The first-order valence-electron chi connectivity index (χ1n) is 12.4. The molecule has 8 heteroatoms. The first-order valence-corrected chi connectivity index (χ1v) is 12.8. The van der Waals surface area contributed by atoms with Gasteiger partial charge in [0.2, 0.25) is 11.8 Å².